The fourth-order valence-corrected chi connectivity index (χ4v) is 2.16. The van der Waals surface area contributed by atoms with Gasteiger partial charge in [0.15, 0.2) is 12.2 Å². The summed E-state index contributed by atoms with van der Waals surface area (Å²) in [5, 5.41) is 0. The van der Waals surface area contributed by atoms with Gasteiger partial charge in [0.1, 0.15) is 12.0 Å². The van der Waals surface area contributed by atoms with Gasteiger partial charge in [-0.25, -0.2) is 4.98 Å². The van der Waals surface area contributed by atoms with Crippen molar-refractivity contribution in [2.75, 3.05) is 20.1 Å². The molecular weight excluding hydrogens is 192 g/mol. The third-order valence-electron chi connectivity index (χ3n) is 2.88. The molecule has 82 valence electrons. The summed E-state index contributed by atoms with van der Waals surface area (Å²) in [6.45, 7) is 2.28. The molecule has 2 heterocycles. The summed E-state index contributed by atoms with van der Waals surface area (Å²) < 4.78 is 5.23. The highest BCUT2D eigenvalue weighted by Crippen LogP contribution is 2.19. The Labute approximate surface area is 89.3 Å². The Morgan fingerprint density at radius 2 is 2.60 bits per heavy atom. The summed E-state index contributed by atoms with van der Waals surface area (Å²) in [7, 11) is 2.14. The Balaban J connectivity index is 1.92. The monoisotopic (exact) mass is 208 g/mol. The molecule has 4 heteroatoms. The molecule has 2 rings (SSSR count). The van der Waals surface area contributed by atoms with E-state index in [4.69, 9.17) is 4.42 Å². The van der Waals surface area contributed by atoms with E-state index < -0.39 is 0 Å². The van der Waals surface area contributed by atoms with Crippen LogP contribution in [0.1, 0.15) is 29.2 Å². The van der Waals surface area contributed by atoms with E-state index in [0.717, 1.165) is 19.3 Å². The standard InChI is InChI=1S/C11H16N2O2/c1-13-4-2-3-9(6-13)5-11-12-10(7-14)8-15-11/h7-9H,2-6H2,1H3. The molecule has 1 unspecified atom stereocenters. The molecule has 1 aromatic heterocycles. The molecule has 1 atom stereocenters. The first-order valence-corrected chi connectivity index (χ1v) is 5.36. The molecule has 15 heavy (non-hydrogen) atoms. The molecule has 0 radical (unpaired) electrons. The Kier molecular flexibility index (Phi) is 3.16. The minimum atomic E-state index is 0.397. The normalized spacial score (nSPS) is 22.9. The van der Waals surface area contributed by atoms with Crippen LogP contribution in [0.15, 0.2) is 10.7 Å². The zero-order valence-corrected chi connectivity index (χ0v) is 8.98. The molecule has 1 aliphatic heterocycles. The van der Waals surface area contributed by atoms with Gasteiger partial charge >= 0.3 is 0 Å². The SMILES string of the molecule is CN1CCCC(Cc2nc(C=O)co2)C1. The molecule has 1 aliphatic rings. The van der Waals surface area contributed by atoms with Crippen molar-refractivity contribution in [1.29, 1.82) is 0 Å². The number of aldehydes is 1. The maximum atomic E-state index is 10.4. The van der Waals surface area contributed by atoms with Crippen molar-refractivity contribution in [2.24, 2.45) is 5.92 Å². The lowest BCUT2D eigenvalue weighted by Crippen LogP contribution is -2.33. The first-order chi connectivity index (χ1) is 7.28. The molecule has 1 aromatic rings. The predicted octanol–water partition coefficient (Wildman–Crippen LogP) is 1.37. The van der Waals surface area contributed by atoms with Gasteiger partial charge in [0.25, 0.3) is 0 Å². The number of hydrogen-bond acceptors (Lipinski definition) is 4. The lowest BCUT2D eigenvalue weighted by molar-refractivity contribution is 0.111. The van der Waals surface area contributed by atoms with Gasteiger partial charge in [-0.1, -0.05) is 0 Å². The largest absolute Gasteiger partial charge is 0.448 e. The van der Waals surface area contributed by atoms with Crippen LogP contribution in [-0.4, -0.2) is 36.3 Å². The van der Waals surface area contributed by atoms with Gasteiger partial charge in [0.2, 0.25) is 0 Å². The molecule has 0 aliphatic carbocycles. The van der Waals surface area contributed by atoms with Crippen LogP contribution in [0.2, 0.25) is 0 Å². The molecule has 0 bridgehead atoms. The topological polar surface area (TPSA) is 46.3 Å². The van der Waals surface area contributed by atoms with E-state index in [1.165, 1.54) is 25.6 Å². The number of carbonyl (C=O) groups excluding carboxylic acids is 1. The van der Waals surface area contributed by atoms with Crippen LogP contribution in [0.25, 0.3) is 0 Å². The molecular formula is C11H16N2O2. The maximum absolute atomic E-state index is 10.4. The fraction of sp³-hybridized carbons (Fsp3) is 0.636. The molecule has 1 fully saturated rings. The number of piperidine rings is 1. The van der Waals surface area contributed by atoms with Gasteiger partial charge < -0.3 is 9.32 Å². The molecule has 0 N–H and O–H groups in total. The van der Waals surface area contributed by atoms with Crippen LogP contribution in [0.4, 0.5) is 0 Å². The number of carbonyl (C=O) groups is 1. The van der Waals surface area contributed by atoms with E-state index in [1.54, 1.807) is 0 Å². The summed E-state index contributed by atoms with van der Waals surface area (Å²) in [6.07, 6.45) is 5.46. The number of nitrogens with zero attached hydrogens (tertiary/aromatic N) is 2. The smallest absolute Gasteiger partial charge is 0.194 e. The highest BCUT2D eigenvalue weighted by Gasteiger charge is 2.19. The summed E-state index contributed by atoms with van der Waals surface area (Å²) in [4.78, 5) is 16.9. The van der Waals surface area contributed by atoms with Crippen LogP contribution in [0, 0.1) is 5.92 Å². The fourth-order valence-electron chi connectivity index (χ4n) is 2.16. The van der Waals surface area contributed by atoms with E-state index >= 15 is 0 Å². The number of rotatable bonds is 3. The van der Waals surface area contributed by atoms with E-state index in [2.05, 4.69) is 16.9 Å². The van der Waals surface area contributed by atoms with Crippen molar-refractivity contribution in [3.05, 3.63) is 17.8 Å². The Bertz CT molecular complexity index is 335. The first kappa shape index (κ1) is 10.4. The van der Waals surface area contributed by atoms with Crippen LogP contribution in [0.5, 0.6) is 0 Å². The zero-order valence-electron chi connectivity index (χ0n) is 8.98. The maximum Gasteiger partial charge on any atom is 0.194 e. The molecule has 0 spiro atoms. The number of likely N-dealkylation sites (tertiary alicyclic amines) is 1. The van der Waals surface area contributed by atoms with Gasteiger partial charge in [-0.05, 0) is 32.4 Å². The number of oxazole rings is 1. The molecule has 4 nitrogen and oxygen atoms in total. The van der Waals surface area contributed by atoms with Crippen molar-refractivity contribution >= 4 is 6.29 Å². The Hall–Kier alpha value is -1.16. The quantitative estimate of drug-likeness (QED) is 0.704. The number of hydrogen-bond donors (Lipinski definition) is 0. The van der Waals surface area contributed by atoms with Gasteiger partial charge in [0, 0.05) is 13.0 Å². The van der Waals surface area contributed by atoms with Gasteiger partial charge in [0.05, 0.1) is 0 Å². The summed E-state index contributed by atoms with van der Waals surface area (Å²) in [6, 6.07) is 0. The predicted molar refractivity (Wildman–Crippen MR) is 55.8 cm³/mol. The number of aromatic nitrogens is 1. The lowest BCUT2D eigenvalue weighted by Gasteiger charge is -2.28. The Morgan fingerprint density at radius 1 is 1.73 bits per heavy atom. The van der Waals surface area contributed by atoms with Crippen molar-refractivity contribution in [3.63, 3.8) is 0 Å². The van der Waals surface area contributed by atoms with E-state index in [-0.39, 0.29) is 0 Å². The first-order valence-electron chi connectivity index (χ1n) is 5.36. The second-order valence-electron chi connectivity index (χ2n) is 4.26. The van der Waals surface area contributed by atoms with E-state index in [1.807, 2.05) is 0 Å². The molecule has 0 saturated carbocycles. The average molecular weight is 208 g/mol. The third kappa shape index (κ3) is 2.65. The summed E-state index contributed by atoms with van der Waals surface area (Å²) in [5.41, 5.74) is 0.397. The average Bonchev–Trinajstić information content (AvgIpc) is 2.65. The van der Waals surface area contributed by atoms with Crippen LogP contribution in [0.3, 0.4) is 0 Å². The molecule has 0 aromatic carbocycles. The van der Waals surface area contributed by atoms with Gasteiger partial charge in [-0.3, -0.25) is 4.79 Å². The van der Waals surface area contributed by atoms with Crippen molar-refractivity contribution in [1.82, 2.24) is 9.88 Å². The summed E-state index contributed by atoms with van der Waals surface area (Å²) in [5.74, 6) is 1.30. The lowest BCUT2D eigenvalue weighted by atomic mass is 9.95. The Morgan fingerprint density at radius 3 is 3.27 bits per heavy atom. The van der Waals surface area contributed by atoms with Crippen LogP contribution >= 0.6 is 0 Å². The highest BCUT2D eigenvalue weighted by atomic mass is 16.3. The minimum Gasteiger partial charge on any atom is -0.448 e. The second kappa shape index (κ2) is 4.57. The molecule has 0 amide bonds. The summed E-state index contributed by atoms with van der Waals surface area (Å²) >= 11 is 0. The zero-order chi connectivity index (χ0) is 10.7. The minimum absolute atomic E-state index is 0.397. The van der Waals surface area contributed by atoms with Crippen molar-refractivity contribution in [3.8, 4) is 0 Å². The van der Waals surface area contributed by atoms with Crippen LogP contribution in [-0.2, 0) is 6.42 Å². The van der Waals surface area contributed by atoms with Gasteiger partial charge in [-0.15, -0.1) is 0 Å². The van der Waals surface area contributed by atoms with Crippen molar-refractivity contribution < 1.29 is 9.21 Å². The third-order valence-corrected chi connectivity index (χ3v) is 2.88. The molecule has 1 saturated heterocycles. The van der Waals surface area contributed by atoms with Gasteiger partial charge in [-0.2, -0.15) is 0 Å². The van der Waals surface area contributed by atoms with Crippen molar-refractivity contribution in [2.45, 2.75) is 19.3 Å². The van der Waals surface area contributed by atoms with E-state index in [9.17, 15) is 4.79 Å². The highest BCUT2D eigenvalue weighted by molar-refractivity contribution is 5.70. The van der Waals surface area contributed by atoms with E-state index in [0.29, 0.717) is 17.5 Å². The second-order valence-corrected chi connectivity index (χ2v) is 4.26. The van der Waals surface area contributed by atoms with Crippen LogP contribution < -0.4 is 0 Å².